The molecule has 8 heteroatoms. The van der Waals surface area contributed by atoms with Crippen LogP contribution in [-0.4, -0.2) is 29.2 Å². The van der Waals surface area contributed by atoms with Crippen molar-refractivity contribution in [3.05, 3.63) is 48.5 Å². The summed E-state index contributed by atoms with van der Waals surface area (Å²) in [4.78, 5) is -0.152. The summed E-state index contributed by atoms with van der Waals surface area (Å²) in [5, 5.41) is 0. The van der Waals surface area contributed by atoms with E-state index in [1.807, 2.05) is 0 Å². The highest BCUT2D eigenvalue weighted by molar-refractivity contribution is 7.93. The number of sulfone groups is 1. The Kier molecular flexibility index (Phi) is 5.24. The molecule has 0 unspecified atom stereocenters. The van der Waals surface area contributed by atoms with Gasteiger partial charge in [-0.1, -0.05) is 12.1 Å². The largest absolute Gasteiger partial charge is 0.490 e. The molecule has 1 fully saturated rings. The number of nitrogens with one attached hydrogen (secondary N) is 1. The standard InChI is InChI=1S/C18H21NO5S2/c1-25(20,21)17-10-5-11-18(13-17)26(22,23)19-14-6-4-9-16(12-14)24-15-7-2-3-8-15/h4-6,9-13,15,19H,2-3,7-8H2,1H3. The molecule has 1 saturated carbocycles. The molecule has 0 heterocycles. The van der Waals surface area contributed by atoms with Gasteiger partial charge in [-0.25, -0.2) is 16.8 Å². The van der Waals surface area contributed by atoms with E-state index in [0.717, 1.165) is 38.0 Å². The second-order valence-corrected chi connectivity index (χ2v) is 10.1. The van der Waals surface area contributed by atoms with E-state index in [2.05, 4.69) is 4.72 Å². The Morgan fingerprint density at radius 3 is 2.27 bits per heavy atom. The first-order valence-corrected chi connectivity index (χ1v) is 11.7. The molecule has 2 aromatic carbocycles. The quantitative estimate of drug-likeness (QED) is 0.811. The molecule has 1 aliphatic carbocycles. The Morgan fingerprint density at radius 1 is 0.923 bits per heavy atom. The highest BCUT2D eigenvalue weighted by Crippen LogP contribution is 2.27. The third kappa shape index (κ3) is 4.56. The smallest absolute Gasteiger partial charge is 0.261 e. The number of sulfonamides is 1. The van der Waals surface area contributed by atoms with Crippen molar-refractivity contribution in [1.29, 1.82) is 0 Å². The van der Waals surface area contributed by atoms with Gasteiger partial charge in [0.15, 0.2) is 9.84 Å². The Labute approximate surface area is 154 Å². The summed E-state index contributed by atoms with van der Waals surface area (Å²) in [6.07, 6.45) is 5.52. The molecule has 6 nitrogen and oxygen atoms in total. The fourth-order valence-electron chi connectivity index (χ4n) is 2.92. The van der Waals surface area contributed by atoms with Crippen LogP contribution in [0.2, 0.25) is 0 Å². The molecule has 0 amide bonds. The summed E-state index contributed by atoms with van der Waals surface area (Å²) >= 11 is 0. The van der Waals surface area contributed by atoms with Gasteiger partial charge in [0.1, 0.15) is 5.75 Å². The van der Waals surface area contributed by atoms with Crippen molar-refractivity contribution in [3.63, 3.8) is 0 Å². The van der Waals surface area contributed by atoms with Crippen molar-refractivity contribution in [2.45, 2.75) is 41.6 Å². The van der Waals surface area contributed by atoms with Crippen LogP contribution in [0.5, 0.6) is 5.75 Å². The normalized spacial score (nSPS) is 15.7. The molecule has 26 heavy (non-hydrogen) atoms. The molecular weight excluding hydrogens is 374 g/mol. The fourth-order valence-corrected chi connectivity index (χ4v) is 4.75. The lowest BCUT2D eigenvalue weighted by Gasteiger charge is -2.14. The average Bonchev–Trinajstić information content (AvgIpc) is 3.07. The second-order valence-electron chi connectivity index (χ2n) is 6.40. The Balaban J connectivity index is 1.81. The third-order valence-electron chi connectivity index (χ3n) is 4.24. The fraction of sp³-hybridized carbons (Fsp3) is 0.333. The molecular formula is C18H21NO5S2. The van der Waals surface area contributed by atoms with Crippen LogP contribution < -0.4 is 9.46 Å². The summed E-state index contributed by atoms with van der Waals surface area (Å²) in [7, 11) is -7.40. The number of anilines is 1. The van der Waals surface area contributed by atoms with Crippen LogP contribution in [0.3, 0.4) is 0 Å². The van der Waals surface area contributed by atoms with Crippen molar-refractivity contribution in [1.82, 2.24) is 0 Å². The van der Waals surface area contributed by atoms with Crippen molar-refractivity contribution < 1.29 is 21.6 Å². The van der Waals surface area contributed by atoms with Crippen LogP contribution in [0.25, 0.3) is 0 Å². The van der Waals surface area contributed by atoms with E-state index >= 15 is 0 Å². The van der Waals surface area contributed by atoms with Gasteiger partial charge in [0, 0.05) is 12.3 Å². The lowest BCUT2D eigenvalue weighted by molar-refractivity contribution is 0.210. The summed E-state index contributed by atoms with van der Waals surface area (Å²) in [5.41, 5.74) is 0.366. The first-order valence-electron chi connectivity index (χ1n) is 8.34. The third-order valence-corrected chi connectivity index (χ3v) is 6.72. The minimum atomic E-state index is -3.91. The number of rotatable bonds is 6. The minimum Gasteiger partial charge on any atom is -0.490 e. The zero-order chi connectivity index (χ0) is 18.8. The van der Waals surface area contributed by atoms with Crippen LogP contribution in [0.15, 0.2) is 58.3 Å². The summed E-state index contributed by atoms with van der Waals surface area (Å²) in [5.74, 6) is 0.613. The molecule has 0 atom stereocenters. The maximum Gasteiger partial charge on any atom is 0.261 e. The predicted molar refractivity (Wildman–Crippen MR) is 99.7 cm³/mol. The molecule has 140 valence electrons. The van der Waals surface area contributed by atoms with Crippen LogP contribution >= 0.6 is 0 Å². The van der Waals surface area contributed by atoms with Gasteiger partial charge in [0.25, 0.3) is 10.0 Å². The average molecular weight is 396 g/mol. The first-order chi connectivity index (χ1) is 12.2. The maximum atomic E-state index is 12.6. The lowest BCUT2D eigenvalue weighted by atomic mass is 10.3. The highest BCUT2D eigenvalue weighted by Gasteiger charge is 2.19. The summed E-state index contributed by atoms with van der Waals surface area (Å²) < 4.78 is 56.8. The summed E-state index contributed by atoms with van der Waals surface area (Å²) in [6, 6.07) is 12.0. The zero-order valence-corrected chi connectivity index (χ0v) is 16.0. The van der Waals surface area contributed by atoms with E-state index in [0.29, 0.717) is 11.4 Å². The molecule has 2 aromatic rings. The molecule has 0 aliphatic heterocycles. The molecule has 0 radical (unpaired) electrons. The van der Waals surface area contributed by atoms with Gasteiger partial charge in [0.05, 0.1) is 21.6 Å². The van der Waals surface area contributed by atoms with Crippen LogP contribution in [0.4, 0.5) is 5.69 Å². The molecule has 3 rings (SSSR count). The number of benzene rings is 2. The number of ether oxygens (including phenoxy) is 1. The van der Waals surface area contributed by atoms with Gasteiger partial charge in [-0.15, -0.1) is 0 Å². The maximum absolute atomic E-state index is 12.6. The van der Waals surface area contributed by atoms with Gasteiger partial charge < -0.3 is 4.74 Å². The van der Waals surface area contributed by atoms with Crippen LogP contribution in [-0.2, 0) is 19.9 Å². The van der Waals surface area contributed by atoms with Gasteiger partial charge in [0.2, 0.25) is 0 Å². The van der Waals surface area contributed by atoms with Crippen molar-refractivity contribution in [3.8, 4) is 5.75 Å². The Morgan fingerprint density at radius 2 is 1.58 bits per heavy atom. The molecule has 0 saturated heterocycles. The van der Waals surface area contributed by atoms with Gasteiger partial charge >= 0.3 is 0 Å². The monoisotopic (exact) mass is 395 g/mol. The zero-order valence-electron chi connectivity index (χ0n) is 14.4. The summed E-state index contributed by atoms with van der Waals surface area (Å²) in [6.45, 7) is 0. The van der Waals surface area contributed by atoms with E-state index in [9.17, 15) is 16.8 Å². The van der Waals surface area contributed by atoms with E-state index in [4.69, 9.17) is 4.74 Å². The van der Waals surface area contributed by atoms with E-state index in [-0.39, 0.29) is 15.9 Å². The molecule has 1 N–H and O–H groups in total. The van der Waals surface area contributed by atoms with Crippen LogP contribution in [0, 0.1) is 0 Å². The Bertz CT molecular complexity index is 994. The van der Waals surface area contributed by atoms with E-state index in [1.54, 1.807) is 24.3 Å². The van der Waals surface area contributed by atoms with Crippen molar-refractivity contribution >= 4 is 25.5 Å². The highest BCUT2D eigenvalue weighted by atomic mass is 32.2. The minimum absolute atomic E-state index is 0.0429. The topological polar surface area (TPSA) is 89.5 Å². The van der Waals surface area contributed by atoms with Gasteiger partial charge in [-0.2, -0.15) is 0 Å². The molecule has 0 aromatic heterocycles. The lowest BCUT2D eigenvalue weighted by Crippen LogP contribution is -2.14. The van der Waals surface area contributed by atoms with Gasteiger partial charge in [-0.05, 0) is 56.0 Å². The molecule has 0 bridgehead atoms. The van der Waals surface area contributed by atoms with E-state index < -0.39 is 19.9 Å². The second kappa shape index (κ2) is 7.28. The number of hydrogen-bond acceptors (Lipinski definition) is 5. The van der Waals surface area contributed by atoms with Crippen molar-refractivity contribution in [2.24, 2.45) is 0 Å². The van der Waals surface area contributed by atoms with Gasteiger partial charge in [-0.3, -0.25) is 4.72 Å². The first kappa shape index (κ1) is 18.7. The predicted octanol–water partition coefficient (Wildman–Crippen LogP) is 3.21. The molecule has 0 spiro atoms. The molecule has 1 aliphatic rings. The van der Waals surface area contributed by atoms with E-state index in [1.165, 1.54) is 18.2 Å². The number of hydrogen-bond donors (Lipinski definition) is 1. The van der Waals surface area contributed by atoms with Crippen molar-refractivity contribution in [2.75, 3.05) is 11.0 Å². The Hall–Kier alpha value is -2.06. The SMILES string of the molecule is CS(=O)(=O)c1cccc(S(=O)(=O)Nc2cccc(OC3CCCC3)c2)c1. The van der Waals surface area contributed by atoms with Crippen LogP contribution in [0.1, 0.15) is 25.7 Å².